The van der Waals surface area contributed by atoms with Gasteiger partial charge in [-0.2, -0.15) is 0 Å². The fraction of sp³-hybridized carbons (Fsp3) is 0.688. The second-order valence-corrected chi connectivity index (χ2v) is 6.07. The molecule has 2 rings (SSSR count). The Morgan fingerprint density at radius 1 is 1.52 bits per heavy atom. The van der Waals surface area contributed by atoms with Crippen molar-refractivity contribution in [1.82, 2.24) is 10.2 Å². The van der Waals surface area contributed by atoms with Gasteiger partial charge in [-0.05, 0) is 39.3 Å². The van der Waals surface area contributed by atoms with Crippen molar-refractivity contribution in [3.8, 4) is 0 Å². The highest BCUT2D eigenvalue weighted by Crippen LogP contribution is 2.19. The van der Waals surface area contributed by atoms with Gasteiger partial charge >= 0.3 is 0 Å². The van der Waals surface area contributed by atoms with Gasteiger partial charge in [-0.15, -0.1) is 0 Å². The Labute approximate surface area is 127 Å². The van der Waals surface area contributed by atoms with Crippen molar-refractivity contribution in [1.29, 1.82) is 0 Å². The first-order valence-corrected chi connectivity index (χ1v) is 7.82. The molecule has 118 valence electrons. The zero-order valence-electron chi connectivity index (χ0n) is 13.2. The quantitative estimate of drug-likeness (QED) is 0.643. The lowest BCUT2D eigenvalue weighted by Gasteiger charge is -2.24. The van der Waals surface area contributed by atoms with Crippen LogP contribution in [0.1, 0.15) is 33.0 Å². The highest BCUT2D eigenvalue weighted by Gasteiger charge is 2.28. The lowest BCUT2D eigenvalue weighted by molar-refractivity contribution is 0.132. The molecule has 2 unspecified atom stereocenters. The molecule has 0 bridgehead atoms. The zero-order valence-corrected chi connectivity index (χ0v) is 13.2. The van der Waals surface area contributed by atoms with Crippen molar-refractivity contribution in [2.75, 3.05) is 19.6 Å². The summed E-state index contributed by atoms with van der Waals surface area (Å²) < 4.78 is 5.33. The first-order valence-electron chi connectivity index (χ1n) is 7.82. The van der Waals surface area contributed by atoms with Crippen molar-refractivity contribution in [2.45, 2.75) is 45.8 Å². The van der Waals surface area contributed by atoms with Crippen LogP contribution in [0.25, 0.3) is 0 Å². The van der Waals surface area contributed by atoms with E-state index in [4.69, 9.17) is 9.41 Å². The first-order chi connectivity index (χ1) is 10.1. The third kappa shape index (κ3) is 4.77. The minimum Gasteiger partial charge on any atom is -0.469 e. The zero-order chi connectivity index (χ0) is 15.2. The standard InChI is InChI=1S/C16H27N3O2/c1-12(2)18-16(17-8-6-15-5-4-10-21-15)19-9-7-14(11-19)13(3)20/h4-5,10,12-14,20H,6-9,11H2,1-3H3,(H,17,18). The Morgan fingerprint density at radius 2 is 2.33 bits per heavy atom. The summed E-state index contributed by atoms with van der Waals surface area (Å²) in [7, 11) is 0. The van der Waals surface area contributed by atoms with Crippen molar-refractivity contribution in [3.63, 3.8) is 0 Å². The van der Waals surface area contributed by atoms with E-state index in [-0.39, 0.29) is 6.10 Å². The topological polar surface area (TPSA) is 61.0 Å². The van der Waals surface area contributed by atoms with Crippen LogP contribution in [0.5, 0.6) is 0 Å². The molecule has 1 aromatic heterocycles. The average molecular weight is 293 g/mol. The molecule has 0 amide bonds. The Morgan fingerprint density at radius 3 is 2.90 bits per heavy atom. The molecule has 1 aliphatic heterocycles. The molecule has 0 radical (unpaired) electrons. The lowest BCUT2D eigenvalue weighted by Crippen LogP contribution is -2.43. The van der Waals surface area contributed by atoms with Gasteiger partial charge in [0.2, 0.25) is 0 Å². The van der Waals surface area contributed by atoms with Gasteiger partial charge in [-0.3, -0.25) is 4.99 Å². The minimum atomic E-state index is -0.251. The van der Waals surface area contributed by atoms with Crippen LogP contribution in [0.2, 0.25) is 0 Å². The summed E-state index contributed by atoms with van der Waals surface area (Å²) in [5.41, 5.74) is 0. The summed E-state index contributed by atoms with van der Waals surface area (Å²) in [6.45, 7) is 8.64. The molecule has 5 heteroatoms. The summed E-state index contributed by atoms with van der Waals surface area (Å²) in [6.07, 6.45) is 3.27. The second-order valence-electron chi connectivity index (χ2n) is 6.07. The Balaban J connectivity index is 1.94. The average Bonchev–Trinajstić information content (AvgIpc) is 3.08. The molecule has 1 fully saturated rings. The van der Waals surface area contributed by atoms with Crippen LogP contribution in [0.15, 0.2) is 27.8 Å². The van der Waals surface area contributed by atoms with Gasteiger partial charge in [0, 0.05) is 38.0 Å². The van der Waals surface area contributed by atoms with Crippen molar-refractivity contribution in [2.24, 2.45) is 10.9 Å². The van der Waals surface area contributed by atoms with E-state index in [1.54, 1.807) is 6.26 Å². The van der Waals surface area contributed by atoms with E-state index in [9.17, 15) is 5.11 Å². The minimum absolute atomic E-state index is 0.251. The highest BCUT2D eigenvalue weighted by atomic mass is 16.3. The largest absolute Gasteiger partial charge is 0.469 e. The fourth-order valence-corrected chi connectivity index (χ4v) is 2.60. The van der Waals surface area contributed by atoms with Crippen molar-refractivity contribution >= 4 is 5.96 Å². The summed E-state index contributed by atoms with van der Waals surface area (Å²) in [5, 5.41) is 13.2. The smallest absolute Gasteiger partial charge is 0.194 e. The predicted octanol–water partition coefficient (Wildman–Crippen LogP) is 1.88. The SMILES string of the molecule is CC(C)NC(=NCCc1ccco1)N1CCC(C(C)O)C1. The molecule has 0 aromatic carbocycles. The number of furan rings is 1. The highest BCUT2D eigenvalue weighted by molar-refractivity contribution is 5.80. The molecule has 0 spiro atoms. The van der Waals surface area contributed by atoms with Crippen LogP contribution in [0.3, 0.4) is 0 Å². The van der Waals surface area contributed by atoms with Crippen LogP contribution in [-0.2, 0) is 6.42 Å². The van der Waals surface area contributed by atoms with Crippen LogP contribution in [0.4, 0.5) is 0 Å². The third-order valence-corrected chi connectivity index (χ3v) is 3.82. The third-order valence-electron chi connectivity index (χ3n) is 3.82. The number of guanidine groups is 1. The lowest BCUT2D eigenvalue weighted by atomic mass is 10.0. The van der Waals surface area contributed by atoms with Crippen LogP contribution < -0.4 is 5.32 Å². The van der Waals surface area contributed by atoms with Crippen molar-refractivity contribution in [3.05, 3.63) is 24.2 Å². The molecule has 2 atom stereocenters. The van der Waals surface area contributed by atoms with E-state index in [1.807, 2.05) is 19.1 Å². The summed E-state index contributed by atoms with van der Waals surface area (Å²) in [5.74, 6) is 2.25. The molecule has 0 saturated carbocycles. The van der Waals surface area contributed by atoms with Gasteiger partial charge in [-0.1, -0.05) is 0 Å². The maximum atomic E-state index is 9.74. The summed E-state index contributed by atoms with van der Waals surface area (Å²) in [6, 6.07) is 4.22. The van der Waals surface area contributed by atoms with E-state index < -0.39 is 0 Å². The molecule has 1 aromatic rings. The van der Waals surface area contributed by atoms with Crippen LogP contribution >= 0.6 is 0 Å². The molecule has 5 nitrogen and oxygen atoms in total. The normalized spacial score (nSPS) is 21.1. The van der Waals surface area contributed by atoms with Gasteiger partial charge in [0.25, 0.3) is 0 Å². The summed E-state index contributed by atoms with van der Waals surface area (Å²) in [4.78, 5) is 6.95. The Hall–Kier alpha value is -1.49. The molecule has 2 heterocycles. The molecule has 21 heavy (non-hydrogen) atoms. The van der Waals surface area contributed by atoms with Crippen LogP contribution in [-0.4, -0.2) is 47.7 Å². The van der Waals surface area contributed by atoms with Gasteiger partial charge in [0.1, 0.15) is 5.76 Å². The number of hydrogen-bond acceptors (Lipinski definition) is 3. The second kappa shape index (κ2) is 7.50. The molecule has 0 aliphatic carbocycles. The summed E-state index contributed by atoms with van der Waals surface area (Å²) >= 11 is 0. The van der Waals surface area contributed by atoms with Crippen molar-refractivity contribution < 1.29 is 9.52 Å². The number of likely N-dealkylation sites (tertiary alicyclic amines) is 1. The number of aliphatic hydroxyl groups is 1. The molecular formula is C16H27N3O2. The predicted molar refractivity (Wildman–Crippen MR) is 84.3 cm³/mol. The molecule has 1 aliphatic rings. The van der Waals surface area contributed by atoms with E-state index in [2.05, 4.69) is 24.1 Å². The van der Waals surface area contributed by atoms with E-state index in [1.165, 1.54) is 0 Å². The van der Waals surface area contributed by atoms with E-state index in [0.717, 1.165) is 37.7 Å². The van der Waals surface area contributed by atoms with Gasteiger partial charge in [0.05, 0.1) is 12.4 Å². The molecule has 2 N–H and O–H groups in total. The van der Waals surface area contributed by atoms with Gasteiger partial charge < -0.3 is 19.7 Å². The number of aliphatic imine (C=N–C) groups is 1. The van der Waals surface area contributed by atoms with Crippen LogP contribution in [0, 0.1) is 5.92 Å². The Kier molecular flexibility index (Phi) is 5.67. The first kappa shape index (κ1) is 15.9. The number of aliphatic hydroxyl groups excluding tert-OH is 1. The monoisotopic (exact) mass is 293 g/mol. The van der Waals surface area contributed by atoms with Gasteiger partial charge in [0.15, 0.2) is 5.96 Å². The number of nitrogens with one attached hydrogen (secondary N) is 1. The van der Waals surface area contributed by atoms with E-state index in [0.29, 0.717) is 18.5 Å². The number of hydrogen-bond donors (Lipinski definition) is 2. The maximum absolute atomic E-state index is 9.74. The Bertz CT molecular complexity index is 440. The van der Waals surface area contributed by atoms with Gasteiger partial charge in [-0.25, -0.2) is 0 Å². The maximum Gasteiger partial charge on any atom is 0.194 e. The molecule has 1 saturated heterocycles. The van der Waals surface area contributed by atoms with E-state index >= 15 is 0 Å². The number of rotatable bonds is 5. The number of nitrogens with zero attached hydrogens (tertiary/aromatic N) is 2. The molecular weight excluding hydrogens is 266 g/mol. The fourth-order valence-electron chi connectivity index (χ4n) is 2.60.